The van der Waals surface area contributed by atoms with Gasteiger partial charge in [-0.25, -0.2) is 8.42 Å². The maximum Gasteiger partial charge on any atom is 0.261 e. The van der Waals surface area contributed by atoms with E-state index >= 15 is 0 Å². The van der Waals surface area contributed by atoms with Gasteiger partial charge in [0.05, 0.1) is 16.3 Å². The topological polar surface area (TPSA) is 66.5 Å². The van der Waals surface area contributed by atoms with Crippen LogP contribution in [0.1, 0.15) is 20.1 Å². The van der Waals surface area contributed by atoms with Crippen LogP contribution in [0.25, 0.3) is 0 Å². The first kappa shape index (κ1) is 18.8. The Hall–Kier alpha value is -2.00. The molecular formula is C18H18N2O3S3. The zero-order valence-corrected chi connectivity index (χ0v) is 16.5. The molecule has 0 bridgehead atoms. The molecule has 0 aliphatic heterocycles. The summed E-state index contributed by atoms with van der Waals surface area (Å²) < 4.78 is 26.7. The van der Waals surface area contributed by atoms with Gasteiger partial charge in [0.15, 0.2) is 0 Å². The van der Waals surface area contributed by atoms with Crippen LogP contribution in [-0.4, -0.2) is 25.7 Å². The van der Waals surface area contributed by atoms with Crippen LogP contribution in [0.2, 0.25) is 0 Å². The molecular weight excluding hydrogens is 388 g/mol. The smallest absolute Gasteiger partial charge is 0.261 e. The molecule has 2 aromatic heterocycles. The number of hydrogen-bond acceptors (Lipinski definition) is 5. The summed E-state index contributed by atoms with van der Waals surface area (Å²) in [5.74, 6) is -0.268. The van der Waals surface area contributed by atoms with Gasteiger partial charge in [0.2, 0.25) is 10.0 Å². The number of nitrogens with one attached hydrogen (secondary N) is 1. The molecule has 0 saturated heterocycles. The number of sulfonamides is 1. The Kier molecular flexibility index (Phi) is 5.87. The number of nitrogens with zero attached hydrogens (tertiary/aromatic N) is 1. The molecule has 0 saturated carbocycles. The third kappa shape index (κ3) is 4.39. The van der Waals surface area contributed by atoms with Crippen molar-refractivity contribution in [1.82, 2.24) is 9.62 Å². The Morgan fingerprint density at radius 2 is 1.88 bits per heavy atom. The first-order valence-corrected chi connectivity index (χ1v) is 11.1. The van der Waals surface area contributed by atoms with Gasteiger partial charge in [-0.1, -0.05) is 36.4 Å². The molecule has 0 atom stereocenters. The van der Waals surface area contributed by atoms with Crippen molar-refractivity contribution in [2.75, 3.05) is 7.05 Å². The van der Waals surface area contributed by atoms with E-state index in [-0.39, 0.29) is 17.3 Å². The number of carbonyl (C=O) groups is 1. The third-order valence-corrected chi connectivity index (χ3v) is 7.49. The van der Waals surface area contributed by atoms with Crippen LogP contribution >= 0.6 is 22.7 Å². The van der Waals surface area contributed by atoms with Crippen molar-refractivity contribution in [3.63, 3.8) is 0 Å². The quantitative estimate of drug-likeness (QED) is 0.652. The van der Waals surface area contributed by atoms with Crippen LogP contribution in [0.4, 0.5) is 0 Å². The molecule has 1 N–H and O–H groups in total. The van der Waals surface area contributed by atoms with E-state index in [1.807, 2.05) is 47.8 Å². The summed E-state index contributed by atoms with van der Waals surface area (Å²) in [5, 5.41) is 6.26. The van der Waals surface area contributed by atoms with Gasteiger partial charge in [-0.05, 0) is 23.1 Å². The molecule has 3 rings (SSSR count). The fraction of sp³-hybridized carbons (Fsp3) is 0.167. The molecule has 3 aromatic rings. The summed E-state index contributed by atoms with van der Waals surface area (Å²) in [6.07, 6.45) is 0. The first-order valence-electron chi connectivity index (χ1n) is 7.86. The summed E-state index contributed by atoms with van der Waals surface area (Å²) in [7, 11) is -2.10. The number of carbonyl (C=O) groups excluding carboxylic acids is 1. The largest absolute Gasteiger partial charge is 0.346 e. The van der Waals surface area contributed by atoms with Gasteiger partial charge in [-0.2, -0.15) is 4.31 Å². The van der Waals surface area contributed by atoms with Gasteiger partial charge in [-0.15, -0.1) is 22.7 Å². The second kappa shape index (κ2) is 8.13. The Morgan fingerprint density at radius 3 is 2.58 bits per heavy atom. The van der Waals surface area contributed by atoms with Crippen molar-refractivity contribution in [2.45, 2.75) is 18.0 Å². The van der Waals surface area contributed by atoms with Gasteiger partial charge in [0.1, 0.15) is 0 Å². The SMILES string of the molecule is CN(Cc1ccccc1)S(=O)(=O)c1csc(C(=O)NCc2cccs2)c1. The predicted octanol–water partition coefficient (Wildman–Crippen LogP) is 3.56. The molecule has 0 fully saturated rings. The lowest BCUT2D eigenvalue weighted by Crippen LogP contribution is -2.26. The lowest BCUT2D eigenvalue weighted by Gasteiger charge is -2.16. The van der Waals surface area contributed by atoms with Crippen molar-refractivity contribution >= 4 is 38.6 Å². The van der Waals surface area contributed by atoms with Gasteiger partial charge in [0, 0.05) is 23.8 Å². The van der Waals surface area contributed by atoms with Crippen LogP contribution in [0.3, 0.4) is 0 Å². The highest BCUT2D eigenvalue weighted by molar-refractivity contribution is 7.89. The third-order valence-electron chi connectivity index (χ3n) is 3.76. The highest BCUT2D eigenvalue weighted by atomic mass is 32.2. The molecule has 1 amide bonds. The molecule has 0 spiro atoms. The van der Waals surface area contributed by atoms with Crippen LogP contribution in [0.15, 0.2) is 64.2 Å². The van der Waals surface area contributed by atoms with E-state index < -0.39 is 10.0 Å². The number of hydrogen-bond donors (Lipinski definition) is 1. The van der Waals surface area contributed by atoms with Crippen molar-refractivity contribution in [1.29, 1.82) is 0 Å². The minimum atomic E-state index is -3.64. The van der Waals surface area contributed by atoms with E-state index in [2.05, 4.69) is 5.32 Å². The summed E-state index contributed by atoms with van der Waals surface area (Å²) in [4.78, 5) is 13.8. The summed E-state index contributed by atoms with van der Waals surface area (Å²) in [6.45, 7) is 0.712. The average Bonchev–Trinajstić information content (AvgIpc) is 3.32. The molecule has 2 heterocycles. The molecule has 0 radical (unpaired) electrons. The second-order valence-electron chi connectivity index (χ2n) is 5.66. The van der Waals surface area contributed by atoms with Gasteiger partial charge in [-0.3, -0.25) is 4.79 Å². The van der Waals surface area contributed by atoms with Crippen molar-refractivity contribution < 1.29 is 13.2 Å². The summed E-state index contributed by atoms with van der Waals surface area (Å²) in [5.41, 5.74) is 0.905. The Bertz CT molecular complexity index is 964. The van der Waals surface area contributed by atoms with Crippen molar-refractivity contribution in [3.8, 4) is 0 Å². The highest BCUT2D eigenvalue weighted by Crippen LogP contribution is 2.23. The maximum atomic E-state index is 12.7. The van der Waals surface area contributed by atoms with Crippen LogP contribution in [0.5, 0.6) is 0 Å². The second-order valence-corrected chi connectivity index (χ2v) is 9.64. The molecule has 136 valence electrons. The number of benzene rings is 1. The van der Waals surface area contributed by atoms with E-state index in [1.165, 1.54) is 22.8 Å². The molecule has 26 heavy (non-hydrogen) atoms. The lowest BCUT2D eigenvalue weighted by molar-refractivity contribution is 0.0955. The predicted molar refractivity (Wildman–Crippen MR) is 105 cm³/mol. The fourth-order valence-electron chi connectivity index (χ4n) is 2.35. The lowest BCUT2D eigenvalue weighted by atomic mass is 10.2. The normalized spacial score (nSPS) is 11.6. The summed E-state index contributed by atoms with van der Waals surface area (Å²) in [6, 6.07) is 14.7. The van der Waals surface area contributed by atoms with Gasteiger partial charge >= 0.3 is 0 Å². The summed E-state index contributed by atoms with van der Waals surface area (Å²) >= 11 is 2.69. The number of thiophene rings is 2. The van der Waals surface area contributed by atoms with Crippen LogP contribution in [0, 0.1) is 0 Å². The average molecular weight is 407 g/mol. The molecule has 0 aliphatic rings. The monoisotopic (exact) mass is 406 g/mol. The van der Waals surface area contributed by atoms with Crippen LogP contribution < -0.4 is 5.32 Å². The zero-order chi connectivity index (χ0) is 18.6. The van der Waals surface area contributed by atoms with E-state index in [0.717, 1.165) is 21.8 Å². The van der Waals surface area contributed by atoms with Gasteiger partial charge < -0.3 is 5.32 Å². The zero-order valence-electron chi connectivity index (χ0n) is 14.1. The fourth-order valence-corrected chi connectivity index (χ4v) is 5.33. The van der Waals surface area contributed by atoms with Crippen molar-refractivity contribution in [2.24, 2.45) is 0 Å². The minimum absolute atomic E-state index is 0.141. The van der Waals surface area contributed by atoms with E-state index in [9.17, 15) is 13.2 Å². The van der Waals surface area contributed by atoms with E-state index in [1.54, 1.807) is 11.3 Å². The Labute approximate surface area is 161 Å². The Morgan fingerprint density at radius 1 is 1.12 bits per heavy atom. The maximum absolute atomic E-state index is 12.7. The van der Waals surface area contributed by atoms with Crippen LogP contribution in [-0.2, 0) is 23.1 Å². The molecule has 5 nitrogen and oxygen atoms in total. The standard InChI is InChI=1S/C18H18N2O3S3/c1-20(12-14-6-3-2-4-7-14)26(22,23)16-10-17(25-13-16)18(21)19-11-15-8-5-9-24-15/h2-10,13H,11-12H2,1H3,(H,19,21). The Balaban J connectivity index is 1.68. The molecule has 0 aliphatic carbocycles. The number of amides is 1. The first-order chi connectivity index (χ1) is 12.5. The highest BCUT2D eigenvalue weighted by Gasteiger charge is 2.23. The van der Waals surface area contributed by atoms with Crippen molar-refractivity contribution in [3.05, 3.63) is 74.6 Å². The van der Waals surface area contributed by atoms with E-state index in [0.29, 0.717) is 11.4 Å². The minimum Gasteiger partial charge on any atom is -0.346 e. The molecule has 0 unspecified atom stereocenters. The van der Waals surface area contributed by atoms with Gasteiger partial charge in [0.25, 0.3) is 5.91 Å². The van der Waals surface area contributed by atoms with E-state index in [4.69, 9.17) is 0 Å². The molecule has 8 heteroatoms. The molecule has 1 aromatic carbocycles. The number of rotatable bonds is 7.